The van der Waals surface area contributed by atoms with Gasteiger partial charge in [0.1, 0.15) is 6.07 Å². The molecular formula is C20H15N3O2. The standard InChI is InChI=1S/C20H15N3O2/c21-11-19-22-12-18(13-23-19)16-3-1-14(2-4-16)15-5-7-17(8-6-15)20-24-9-10-25-20/h1-8,12-13,20H,9-10H2. The third-order valence-corrected chi connectivity index (χ3v) is 4.11. The molecule has 4 rings (SSSR count). The molecule has 0 N–H and O–H groups in total. The SMILES string of the molecule is N#Cc1ncc(-c2ccc(-c3ccc(C4OCCO4)cc3)cc2)cn1. The van der Waals surface area contributed by atoms with E-state index in [9.17, 15) is 0 Å². The average Bonchev–Trinajstić information content (AvgIpc) is 3.23. The minimum atomic E-state index is -0.243. The Bertz CT molecular complexity index is 892. The molecule has 0 atom stereocenters. The molecule has 5 nitrogen and oxygen atoms in total. The number of benzene rings is 2. The first-order valence-electron chi connectivity index (χ1n) is 7.99. The summed E-state index contributed by atoms with van der Waals surface area (Å²) in [5.74, 6) is 0.177. The van der Waals surface area contributed by atoms with Crippen LogP contribution in [-0.2, 0) is 9.47 Å². The Hall–Kier alpha value is -3.07. The van der Waals surface area contributed by atoms with E-state index in [1.807, 2.05) is 30.3 Å². The van der Waals surface area contributed by atoms with Crippen molar-refractivity contribution < 1.29 is 9.47 Å². The summed E-state index contributed by atoms with van der Waals surface area (Å²) in [5.41, 5.74) is 5.18. The van der Waals surface area contributed by atoms with Crippen molar-refractivity contribution in [2.45, 2.75) is 6.29 Å². The number of ether oxygens (including phenoxy) is 2. The largest absolute Gasteiger partial charge is 0.346 e. The second-order valence-electron chi connectivity index (χ2n) is 5.68. The molecule has 2 aromatic carbocycles. The monoisotopic (exact) mass is 329 g/mol. The Morgan fingerprint density at radius 2 is 1.24 bits per heavy atom. The van der Waals surface area contributed by atoms with Gasteiger partial charge in [0.25, 0.3) is 0 Å². The average molecular weight is 329 g/mol. The summed E-state index contributed by atoms with van der Waals surface area (Å²) in [6.45, 7) is 1.29. The molecule has 1 aliphatic heterocycles. The number of aromatic nitrogens is 2. The van der Waals surface area contributed by atoms with Crippen molar-refractivity contribution in [3.05, 3.63) is 72.3 Å². The van der Waals surface area contributed by atoms with Gasteiger partial charge in [-0.1, -0.05) is 48.5 Å². The van der Waals surface area contributed by atoms with Crippen LogP contribution in [0.3, 0.4) is 0 Å². The summed E-state index contributed by atoms with van der Waals surface area (Å²) in [4.78, 5) is 8.01. The Morgan fingerprint density at radius 1 is 0.760 bits per heavy atom. The number of nitrogens with zero attached hydrogens (tertiary/aromatic N) is 3. The molecular weight excluding hydrogens is 314 g/mol. The van der Waals surface area contributed by atoms with Crippen LogP contribution in [0.1, 0.15) is 17.7 Å². The van der Waals surface area contributed by atoms with Gasteiger partial charge in [-0.2, -0.15) is 5.26 Å². The molecule has 3 aromatic rings. The normalized spacial score (nSPS) is 14.4. The fraction of sp³-hybridized carbons (Fsp3) is 0.150. The van der Waals surface area contributed by atoms with Crippen LogP contribution in [0, 0.1) is 11.3 Å². The van der Waals surface area contributed by atoms with Gasteiger partial charge in [-0.15, -0.1) is 0 Å². The molecule has 122 valence electrons. The highest BCUT2D eigenvalue weighted by atomic mass is 16.7. The van der Waals surface area contributed by atoms with Crippen molar-refractivity contribution >= 4 is 0 Å². The Kier molecular flexibility index (Phi) is 4.21. The number of rotatable bonds is 3. The van der Waals surface area contributed by atoms with E-state index in [1.54, 1.807) is 12.4 Å². The van der Waals surface area contributed by atoms with Crippen LogP contribution in [0.25, 0.3) is 22.3 Å². The van der Waals surface area contributed by atoms with Gasteiger partial charge in [0.2, 0.25) is 5.82 Å². The Balaban J connectivity index is 1.54. The minimum absolute atomic E-state index is 0.177. The molecule has 1 aromatic heterocycles. The fourth-order valence-corrected chi connectivity index (χ4v) is 2.77. The summed E-state index contributed by atoms with van der Waals surface area (Å²) >= 11 is 0. The molecule has 25 heavy (non-hydrogen) atoms. The van der Waals surface area contributed by atoms with Crippen molar-refractivity contribution in [2.24, 2.45) is 0 Å². The highest BCUT2D eigenvalue weighted by Crippen LogP contribution is 2.28. The van der Waals surface area contributed by atoms with Crippen LogP contribution < -0.4 is 0 Å². The molecule has 1 aliphatic rings. The maximum absolute atomic E-state index is 8.76. The maximum atomic E-state index is 8.76. The summed E-state index contributed by atoms with van der Waals surface area (Å²) < 4.78 is 11.0. The number of hydrogen-bond acceptors (Lipinski definition) is 5. The van der Waals surface area contributed by atoms with Gasteiger partial charge in [-0.05, 0) is 16.7 Å². The van der Waals surface area contributed by atoms with Crippen LogP contribution in [0.4, 0.5) is 0 Å². The molecule has 5 heteroatoms. The van der Waals surface area contributed by atoms with Crippen molar-refractivity contribution in [1.29, 1.82) is 5.26 Å². The minimum Gasteiger partial charge on any atom is -0.346 e. The zero-order chi connectivity index (χ0) is 17.1. The van der Waals surface area contributed by atoms with Gasteiger partial charge < -0.3 is 9.47 Å². The lowest BCUT2D eigenvalue weighted by atomic mass is 10.0. The molecule has 2 heterocycles. The van der Waals surface area contributed by atoms with E-state index < -0.39 is 0 Å². The van der Waals surface area contributed by atoms with Crippen LogP contribution in [0.15, 0.2) is 60.9 Å². The van der Waals surface area contributed by atoms with Gasteiger partial charge in [0.05, 0.1) is 13.2 Å². The van der Waals surface area contributed by atoms with Crippen LogP contribution in [0.5, 0.6) is 0 Å². The number of nitriles is 1. The van der Waals surface area contributed by atoms with Crippen LogP contribution >= 0.6 is 0 Å². The van der Waals surface area contributed by atoms with Crippen molar-refractivity contribution in [1.82, 2.24) is 9.97 Å². The predicted octanol–water partition coefficient (Wildman–Crippen LogP) is 3.73. The number of hydrogen-bond donors (Lipinski definition) is 0. The molecule has 1 saturated heterocycles. The molecule has 0 bridgehead atoms. The van der Waals surface area contributed by atoms with Gasteiger partial charge in [-0.3, -0.25) is 0 Å². The molecule has 0 saturated carbocycles. The van der Waals surface area contributed by atoms with E-state index in [0.717, 1.165) is 27.8 Å². The van der Waals surface area contributed by atoms with E-state index in [1.165, 1.54) is 0 Å². The van der Waals surface area contributed by atoms with Crippen molar-refractivity contribution in [3.63, 3.8) is 0 Å². The van der Waals surface area contributed by atoms with Gasteiger partial charge in [0, 0.05) is 23.5 Å². The van der Waals surface area contributed by atoms with Gasteiger partial charge in [-0.25, -0.2) is 9.97 Å². The second kappa shape index (κ2) is 6.81. The molecule has 0 radical (unpaired) electrons. The van der Waals surface area contributed by atoms with E-state index in [0.29, 0.717) is 13.2 Å². The lowest BCUT2D eigenvalue weighted by Gasteiger charge is -2.10. The summed E-state index contributed by atoms with van der Waals surface area (Å²) in [5, 5.41) is 8.76. The summed E-state index contributed by atoms with van der Waals surface area (Å²) in [7, 11) is 0. The van der Waals surface area contributed by atoms with E-state index in [-0.39, 0.29) is 12.1 Å². The summed E-state index contributed by atoms with van der Waals surface area (Å²) in [6.07, 6.45) is 3.08. The quantitative estimate of drug-likeness (QED) is 0.732. The fourth-order valence-electron chi connectivity index (χ4n) is 2.77. The first kappa shape index (κ1) is 15.5. The summed E-state index contributed by atoms with van der Waals surface area (Å²) in [6, 6.07) is 18.3. The highest BCUT2D eigenvalue weighted by Gasteiger charge is 2.17. The smallest absolute Gasteiger partial charge is 0.232 e. The van der Waals surface area contributed by atoms with Crippen LogP contribution in [-0.4, -0.2) is 23.2 Å². The Labute approximate surface area is 145 Å². The van der Waals surface area contributed by atoms with Crippen LogP contribution in [0.2, 0.25) is 0 Å². The van der Waals surface area contributed by atoms with Gasteiger partial charge >= 0.3 is 0 Å². The molecule has 1 fully saturated rings. The third kappa shape index (κ3) is 3.26. The molecule has 0 unspecified atom stereocenters. The zero-order valence-corrected chi connectivity index (χ0v) is 13.4. The lowest BCUT2D eigenvalue weighted by Crippen LogP contribution is -1.97. The van der Waals surface area contributed by atoms with E-state index in [4.69, 9.17) is 14.7 Å². The topological polar surface area (TPSA) is 68.0 Å². The van der Waals surface area contributed by atoms with Crippen molar-refractivity contribution in [3.8, 4) is 28.3 Å². The molecule has 0 spiro atoms. The first-order chi connectivity index (χ1) is 12.3. The van der Waals surface area contributed by atoms with E-state index in [2.05, 4.69) is 34.2 Å². The van der Waals surface area contributed by atoms with E-state index >= 15 is 0 Å². The second-order valence-corrected chi connectivity index (χ2v) is 5.68. The van der Waals surface area contributed by atoms with Crippen molar-refractivity contribution in [2.75, 3.05) is 13.2 Å². The predicted molar refractivity (Wildman–Crippen MR) is 92.3 cm³/mol. The Morgan fingerprint density at radius 3 is 1.76 bits per heavy atom. The van der Waals surface area contributed by atoms with Gasteiger partial charge in [0.15, 0.2) is 6.29 Å². The zero-order valence-electron chi connectivity index (χ0n) is 13.4. The molecule has 0 amide bonds. The lowest BCUT2D eigenvalue weighted by molar-refractivity contribution is -0.0441. The third-order valence-electron chi connectivity index (χ3n) is 4.11. The maximum Gasteiger partial charge on any atom is 0.232 e. The molecule has 0 aliphatic carbocycles. The first-order valence-corrected chi connectivity index (χ1v) is 7.99. The highest BCUT2D eigenvalue weighted by molar-refractivity contribution is 5.69.